The lowest BCUT2D eigenvalue weighted by molar-refractivity contribution is -0.229. The molecule has 3 rings (SSSR count). The van der Waals surface area contributed by atoms with Crippen molar-refractivity contribution in [2.24, 2.45) is 23.7 Å². The Kier molecular flexibility index (Phi) is 11.3. The SMILES string of the molecule is CC[C@H](C(=O)[C@H](C)[C@@H](O)[C@H](C)CCc1ccc(C)c(O)c1C(=O)O)[C@@H]1O[C@@](CC)([C@H]2CC[C@](O)(CC)[C@@H](C)O2)C[C@@H]1C. The first-order valence-corrected chi connectivity index (χ1v) is 16.0. The zero-order valence-electron chi connectivity index (χ0n) is 26.9. The molecule has 4 N–H and O–H groups in total. The minimum atomic E-state index is -1.18. The summed E-state index contributed by atoms with van der Waals surface area (Å²) in [5.41, 5.74) is -0.437. The highest BCUT2D eigenvalue weighted by Crippen LogP contribution is 2.48. The highest BCUT2D eigenvalue weighted by Gasteiger charge is 2.55. The molecule has 42 heavy (non-hydrogen) atoms. The number of carboxylic acids is 1. The minimum absolute atomic E-state index is 0.0157. The predicted molar refractivity (Wildman–Crippen MR) is 162 cm³/mol. The van der Waals surface area contributed by atoms with Crippen molar-refractivity contribution >= 4 is 11.8 Å². The Morgan fingerprint density at radius 3 is 2.33 bits per heavy atom. The van der Waals surface area contributed by atoms with Crippen LogP contribution in [-0.4, -0.2) is 67.8 Å². The van der Waals surface area contributed by atoms with Crippen molar-refractivity contribution in [2.75, 3.05) is 0 Å². The number of hydrogen-bond donors (Lipinski definition) is 4. The van der Waals surface area contributed by atoms with Crippen LogP contribution in [0.1, 0.15) is 115 Å². The van der Waals surface area contributed by atoms with Crippen molar-refractivity contribution in [3.05, 3.63) is 28.8 Å². The molecule has 0 spiro atoms. The number of carboxylic acid groups (broad SMARTS) is 1. The third-order valence-corrected chi connectivity index (χ3v) is 10.7. The number of aromatic carboxylic acids is 1. The molecule has 2 saturated heterocycles. The molecular formula is C34H54O8. The van der Waals surface area contributed by atoms with E-state index in [0.717, 1.165) is 12.8 Å². The maximum absolute atomic E-state index is 13.9. The lowest BCUT2D eigenvalue weighted by Gasteiger charge is -2.47. The average Bonchev–Trinajstić information content (AvgIpc) is 3.31. The standard InChI is InChI=1S/C34H54O8/c1-9-25(31-21(6)18-34(11-3,42-31)26-16-17-33(40,10-2)23(8)41-26)30(37)22(7)28(35)19(4)12-14-24-15-13-20(5)29(36)27(24)32(38)39/h13,15,19,21-23,25-26,28,31,35-36,40H,9-12,14,16-18H2,1-8H3,(H,38,39)/t19-,21+,22-,23-,25-,26-,28+,31-,33-,34-/m1/s1. The van der Waals surface area contributed by atoms with Crippen LogP contribution in [0, 0.1) is 30.6 Å². The first-order chi connectivity index (χ1) is 19.7. The summed E-state index contributed by atoms with van der Waals surface area (Å²) in [5.74, 6) is -2.55. The summed E-state index contributed by atoms with van der Waals surface area (Å²) in [7, 11) is 0. The van der Waals surface area contributed by atoms with Gasteiger partial charge in [0.25, 0.3) is 0 Å². The summed E-state index contributed by atoms with van der Waals surface area (Å²) in [4.78, 5) is 25.7. The molecule has 0 aliphatic carbocycles. The number of hydrogen-bond acceptors (Lipinski definition) is 7. The second kappa shape index (κ2) is 13.7. The molecule has 8 nitrogen and oxygen atoms in total. The summed E-state index contributed by atoms with van der Waals surface area (Å²) < 4.78 is 13.2. The molecule has 0 radical (unpaired) electrons. The van der Waals surface area contributed by atoms with E-state index in [2.05, 4.69) is 13.8 Å². The van der Waals surface area contributed by atoms with Gasteiger partial charge in [-0.3, -0.25) is 4.79 Å². The van der Waals surface area contributed by atoms with Crippen LogP contribution in [0.25, 0.3) is 0 Å². The number of aliphatic hydroxyl groups excluding tert-OH is 1. The third-order valence-electron chi connectivity index (χ3n) is 10.7. The number of Topliss-reactive ketones (excluding diaryl/α,β-unsaturated/α-hetero) is 1. The number of aryl methyl sites for hydroxylation is 2. The molecule has 238 valence electrons. The van der Waals surface area contributed by atoms with Gasteiger partial charge in [0, 0.05) is 11.8 Å². The van der Waals surface area contributed by atoms with E-state index in [9.17, 15) is 30.0 Å². The van der Waals surface area contributed by atoms with Gasteiger partial charge in [0.2, 0.25) is 0 Å². The summed E-state index contributed by atoms with van der Waals surface area (Å²) in [6.45, 7) is 15.4. The van der Waals surface area contributed by atoms with E-state index < -0.39 is 29.2 Å². The van der Waals surface area contributed by atoms with Gasteiger partial charge in [-0.1, -0.05) is 53.7 Å². The number of ether oxygens (including phenoxy) is 2. The molecular weight excluding hydrogens is 536 g/mol. The fourth-order valence-corrected chi connectivity index (χ4v) is 7.45. The van der Waals surface area contributed by atoms with Gasteiger partial charge < -0.3 is 29.9 Å². The number of carbonyl (C=O) groups excluding carboxylic acids is 1. The number of rotatable bonds is 13. The van der Waals surface area contributed by atoms with Crippen LogP contribution >= 0.6 is 0 Å². The van der Waals surface area contributed by atoms with E-state index in [-0.39, 0.29) is 53.2 Å². The van der Waals surface area contributed by atoms with E-state index >= 15 is 0 Å². The van der Waals surface area contributed by atoms with E-state index in [0.29, 0.717) is 49.7 Å². The number of carbonyl (C=O) groups is 2. The first-order valence-electron chi connectivity index (χ1n) is 16.0. The fraction of sp³-hybridized carbons (Fsp3) is 0.765. The minimum Gasteiger partial charge on any atom is -0.507 e. The van der Waals surface area contributed by atoms with Crippen LogP contribution in [0.3, 0.4) is 0 Å². The zero-order valence-corrected chi connectivity index (χ0v) is 26.9. The topological polar surface area (TPSA) is 134 Å². The van der Waals surface area contributed by atoms with E-state index in [1.54, 1.807) is 26.0 Å². The van der Waals surface area contributed by atoms with Gasteiger partial charge in [-0.25, -0.2) is 4.79 Å². The van der Waals surface area contributed by atoms with E-state index in [1.165, 1.54) is 0 Å². The van der Waals surface area contributed by atoms with Gasteiger partial charge in [-0.2, -0.15) is 0 Å². The monoisotopic (exact) mass is 590 g/mol. The van der Waals surface area contributed by atoms with Crippen LogP contribution in [0.15, 0.2) is 12.1 Å². The smallest absolute Gasteiger partial charge is 0.339 e. The molecule has 2 aliphatic heterocycles. The van der Waals surface area contributed by atoms with Crippen LogP contribution in [0.4, 0.5) is 0 Å². The lowest BCUT2D eigenvalue weighted by atomic mass is 9.76. The lowest BCUT2D eigenvalue weighted by Crippen LogP contribution is -2.55. The van der Waals surface area contributed by atoms with Crippen molar-refractivity contribution in [3.63, 3.8) is 0 Å². The zero-order chi connectivity index (χ0) is 31.6. The van der Waals surface area contributed by atoms with Gasteiger partial charge in [-0.15, -0.1) is 0 Å². The maximum Gasteiger partial charge on any atom is 0.339 e. The summed E-state index contributed by atoms with van der Waals surface area (Å²) >= 11 is 0. The molecule has 2 aliphatic rings. The Bertz CT molecular complexity index is 1100. The fourth-order valence-electron chi connectivity index (χ4n) is 7.45. The van der Waals surface area contributed by atoms with Crippen molar-refractivity contribution in [3.8, 4) is 5.75 Å². The second-order valence-electron chi connectivity index (χ2n) is 13.2. The third kappa shape index (κ3) is 6.72. The molecule has 0 unspecified atom stereocenters. The first kappa shape index (κ1) is 34.5. The predicted octanol–water partition coefficient (Wildman–Crippen LogP) is 5.84. The molecule has 10 atom stereocenters. The maximum atomic E-state index is 13.9. The molecule has 2 heterocycles. The molecule has 0 amide bonds. The Hall–Kier alpha value is -2.00. The molecule has 0 aromatic heterocycles. The molecule has 0 saturated carbocycles. The van der Waals surface area contributed by atoms with Gasteiger partial charge in [0.1, 0.15) is 17.1 Å². The Morgan fingerprint density at radius 2 is 1.79 bits per heavy atom. The summed E-state index contributed by atoms with van der Waals surface area (Å²) in [5, 5.41) is 42.1. The van der Waals surface area contributed by atoms with Crippen molar-refractivity contribution in [1.29, 1.82) is 0 Å². The van der Waals surface area contributed by atoms with Gasteiger partial charge in [0.15, 0.2) is 0 Å². The largest absolute Gasteiger partial charge is 0.507 e. The molecule has 1 aromatic carbocycles. The van der Waals surface area contributed by atoms with E-state index in [4.69, 9.17) is 9.47 Å². The Labute approximate surface area is 251 Å². The normalized spacial score (nSPS) is 32.7. The van der Waals surface area contributed by atoms with Crippen LogP contribution in [0.5, 0.6) is 5.75 Å². The highest BCUT2D eigenvalue weighted by molar-refractivity contribution is 5.93. The molecule has 8 heteroatoms. The number of aliphatic hydroxyl groups is 2. The van der Waals surface area contributed by atoms with Crippen molar-refractivity contribution < 1.29 is 39.5 Å². The van der Waals surface area contributed by atoms with Gasteiger partial charge in [-0.05, 0) is 88.2 Å². The summed E-state index contributed by atoms with van der Waals surface area (Å²) in [6, 6.07) is 3.40. The van der Waals surface area contributed by atoms with E-state index in [1.807, 2.05) is 27.7 Å². The second-order valence-corrected chi connectivity index (χ2v) is 13.2. The van der Waals surface area contributed by atoms with Gasteiger partial charge >= 0.3 is 5.97 Å². The van der Waals surface area contributed by atoms with Crippen LogP contribution < -0.4 is 0 Å². The number of aromatic hydroxyl groups is 1. The van der Waals surface area contributed by atoms with Crippen molar-refractivity contribution in [1.82, 2.24) is 0 Å². The Morgan fingerprint density at radius 1 is 1.12 bits per heavy atom. The number of phenols is 1. The quantitative estimate of drug-likeness (QED) is 0.225. The average molecular weight is 591 g/mol. The number of ketones is 1. The van der Waals surface area contributed by atoms with Crippen LogP contribution in [0.2, 0.25) is 0 Å². The number of benzene rings is 1. The summed E-state index contributed by atoms with van der Waals surface area (Å²) in [6.07, 6.45) is 3.34. The molecule has 1 aromatic rings. The Balaban J connectivity index is 1.69. The highest BCUT2D eigenvalue weighted by atomic mass is 16.6. The van der Waals surface area contributed by atoms with Crippen molar-refractivity contribution in [2.45, 2.75) is 142 Å². The molecule has 0 bridgehead atoms. The van der Waals surface area contributed by atoms with Gasteiger partial charge in [0.05, 0.1) is 35.6 Å². The molecule has 2 fully saturated rings. The van der Waals surface area contributed by atoms with Crippen LogP contribution in [-0.2, 0) is 20.7 Å².